The second-order valence-corrected chi connectivity index (χ2v) is 1.85. The summed E-state index contributed by atoms with van der Waals surface area (Å²) in [5, 5.41) is 3.48. The standard InChI is InChI=1S/C5H6N4O2/c6-4(10)3-1-2-9(8-3)5(7)11/h1-2H,(H2,6,10)(H2,7,11). The molecular weight excluding hydrogens is 148 g/mol. The van der Waals surface area contributed by atoms with Gasteiger partial charge in [0.05, 0.1) is 0 Å². The van der Waals surface area contributed by atoms with E-state index in [4.69, 9.17) is 11.5 Å². The average molecular weight is 154 g/mol. The minimum Gasteiger partial charge on any atom is -0.364 e. The highest BCUT2D eigenvalue weighted by atomic mass is 16.2. The van der Waals surface area contributed by atoms with Gasteiger partial charge in [-0.25, -0.2) is 4.79 Å². The Hall–Kier alpha value is -1.85. The van der Waals surface area contributed by atoms with Crippen LogP contribution in [0.25, 0.3) is 0 Å². The molecule has 1 rings (SSSR count). The first-order valence-electron chi connectivity index (χ1n) is 2.76. The minimum atomic E-state index is -0.752. The summed E-state index contributed by atoms with van der Waals surface area (Å²) >= 11 is 0. The molecule has 1 aromatic heterocycles. The Labute approximate surface area is 61.8 Å². The molecule has 11 heavy (non-hydrogen) atoms. The fourth-order valence-electron chi connectivity index (χ4n) is 0.578. The molecule has 4 N–H and O–H groups in total. The molecule has 0 saturated heterocycles. The molecule has 58 valence electrons. The van der Waals surface area contributed by atoms with E-state index in [1.54, 1.807) is 0 Å². The number of rotatable bonds is 1. The van der Waals surface area contributed by atoms with Gasteiger partial charge in [-0.1, -0.05) is 0 Å². The summed E-state index contributed by atoms with van der Waals surface area (Å²) in [7, 11) is 0. The maximum atomic E-state index is 10.4. The van der Waals surface area contributed by atoms with Crippen molar-refractivity contribution >= 4 is 11.9 Å². The van der Waals surface area contributed by atoms with Crippen molar-refractivity contribution in [3.63, 3.8) is 0 Å². The van der Waals surface area contributed by atoms with Gasteiger partial charge in [-0.3, -0.25) is 4.79 Å². The van der Waals surface area contributed by atoms with Gasteiger partial charge in [-0.05, 0) is 6.07 Å². The number of nitrogens with two attached hydrogens (primary N) is 2. The highest BCUT2D eigenvalue weighted by Gasteiger charge is 2.06. The summed E-state index contributed by atoms with van der Waals surface area (Å²) in [6.45, 7) is 0. The summed E-state index contributed by atoms with van der Waals surface area (Å²) in [5.41, 5.74) is 9.71. The summed E-state index contributed by atoms with van der Waals surface area (Å²) < 4.78 is 0.833. The third kappa shape index (κ3) is 1.34. The van der Waals surface area contributed by atoms with Gasteiger partial charge in [0, 0.05) is 6.20 Å². The Bertz CT molecular complexity index is 275. The lowest BCUT2D eigenvalue weighted by atomic mass is 10.4. The van der Waals surface area contributed by atoms with Crippen molar-refractivity contribution < 1.29 is 9.59 Å². The van der Waals surface area contributed by atoms with Gasteiger partial charge in [0.15, 0.2) is 5.69 Å². The van der Waals surface area contributed by atoms with Crippen LogP contribution < -0.4 is 11.5 Å². The predicted octanol–water partition coefficient (Wildman–Crippen LogP) is -1.09. The lowest BCUT2D eigenvalue weighted by Crippen LogP contribution is -2.21. The Balaban J connectivity index is 2.99. The van der Waals surface area contributed by atoms with Crippen LogP contribution in [0.2, 0.25) is 0 Å². The van der Waals surface area contributed by atoms with E-state index in [1.807, 2.05) is 0 Å². The van der Waals surface area contributed by atoms with Crippen LogP contribution in [0.15, 0.2) is 12.3 Å². The molecular formula is C5H6N4O2. The molecule has 0 radical (unpaired) electrons. The zero-order valence-corrected chi connectivity index (χ0v) is 5.52. The van der Waals surface area contributed by atoms with E-state index < -0.39 is 11.9 Å². The number of amides is 2. The molecule has 0 atom stereocenters. The van der Waals surface area contributed by atoms with E-state index >= 15 is 0 Å². The van der Waals surface area contributed by atoms with Crippen LogP contribution in [0.4, 0.5) is 4.79 Å². The Morgan fingerprint density at radius 1 is 1.45 bits per heavy atom. The first-order chi connectivity index (χ1) is 5.11. The molecule has 0 unspecified atom stereocenters. The maximum absolute atomic E-state index is 10.4. The number of nitrogens with zero attached hydrogens (tertiary/aromatic N) is 2. The van der Waals surface area contributed by atoms with Gasteiger partial charge in [0.1, 0.15) is 0 Å². The number of carbonyl (C=O) groups excluding carboxylic acids is 2. The molecule has 1 aromatic rings. The van der Waals surface area contributed by atoms with Crippen molar-refractivity contribution in [2.24, 2.45) is 11.5 Å². The normalized spacial score (nSPS) is 9.45. The van der Waals surface area contributed by atoms with Crippen LogP contribution >= 0.6 is 0 Å². The maximum Gasteiger partial charge on any atom is 0.339 e. The smallest absolute Gasteiger partial charge is 0.339 e. The predicted molar refractivity (Wildman–Crippen MR) is 35.7 cm³/mol. The number of hydrogen-bond donors (Lipinski definition) is 2. The molecule has 0 saturated carbocycles. The molecule has 0 aliphatic carbocycles. The van der Waals surface area contributed by atoms with Gasteiger partial charge < -0.3 is 11.5 Å². The monoisotopic (exact) mass is 154 g/mol. The van der Waals surface area contributed by atoms with Crippen molar-refractivity contribution in [1.29, 1.82) is 0 Å². The van der Waals surface area contributed by atoms with Crippen LogP contribution in [0.1, 0.15) is 10.5 Å². The van der Waals surface area contributed by atoms with Gasteiger partial charge >= 0.3 is 6.03 Å². The Morgan fingerprint density at radius 2 is 2.09 bits per heavy atom. The molecule has 0 fully saturated rings. The van der Waals surface area contributed by atoms with Gasteiger partial charge in [-0.15, -0.1) is 0 Å². The highest BCUT2D eigenvalue weighted by Crippen LogP contribution is 1.92. The third-order valence-corrected chi connectivity index (χ3v) is 1.07. The number of hydrogen-bond acceptors (Lipinski definition) is 3. The van der Waals surface area contributed by atoms with Crippen molar-refractivity contribution in [1.82, 2.24) is 9.78 Å². The van der Waals surface area contributed by atoms with Crippen molar-refractivity contribution in [2.75, 3.05) is 0 Å². The van der Waals surface area contributed by atoms with Gasteiger partial charge in [-0.2, -0.15) is 9.78 Å². The summed E-state index contributed by atoms with van der Waals surface area (Å²) in [6.07, 6.45) is 1.27. The number of aromatic nitrogens is 2. The summed E-state index contributed by atoms with van der Waals surface area (Å²) in [4.78, 5) is 20.8. The van der Waals surface area contributed by atoms with Gasteiger partial charge in [0.2, 0.25) is 0 Å². The summed E-state index contributed by atoms with van der Waals surface area (Å²) in [5.74, 6) is -0.690. The van der Waals surface area contributed by atoms with Crippen molar-refractivity contribution in [3.05, 3.63) is 18.0 Å². The quantitative estimate of drug-likeness (QED) is 0.536. The molecule has 0 bridgehead atoms. The Morgan fingerprint density at radius 3 is 2.36 bits per heavy atom. The number of primary amides is 2. The van der Waals surface area contributed by atoms with E-state index in [9.17, 15) is 9.59 Å². The number of carbonyl (C=O) groups is 2. The fourth-order valence-corrected chi connectivity index (χ4v) is 0.578. The second kappa shape index (κ2) is 2.41. The van der Waals surface area contributed by atoms with E-state index in [-0.39, 0.29) is 5.69 Å². The van der Waals surface area contributed by atoms with E-state index in [1.165, 1.54) is 12.3 Å². The van der Waals surface area contributed by atoms with Crippen LogP contribution in [0.5, 0.6) is 0 Å². The minimum absolute atomic E-state index is 0.0174. The molecule has 0 aliphatic rings. The molecule has 6 heteroatoms. The average Bonchev–Trinajstić information content (AvgIpc) is 2.33. The topological polar surface area (TPSA) is 104 Å². The zero-order chi connectivity index (χ0) is 8.43. The molecule has 1 heterocycles. The molecule has 0 spiro atoms. The van der Waals surface area contributed by atoms with E-state index in [0.29, 0.717) is 0 Å². The first kappa shape index (κ1) is 7.26. The van der Waals surface area contributed by atoms with E-state index in [0.717, 1.165) is 4.68 Å². The zero-order valence-electron chi connectivity index (χ0n) is 5.52. The third-order valence-electron chi connectivity index (χ3n) is 1.07. The lowest BCUT2D eigenvalue weighted by molar-refractivity contribution is 0.0995. The lowest BCUT2D eigenvalue weighted by Gasteiger charge is -1.89. The highest BCUT2D eigenvalue weighted by molar-refractivity contribution is 5.91. The summed E-state index contributed by atoms with van der Waals surface area (Å²) in [6, 6.07) is 0.560. The van der Waals surface area contributed by atoms with E-state index in [2.05, 4.69) is 5.10 Å². The van der Waals surface area contributed by atoms with Gasteiger partial charge in [0.25, 0.3) is 5.91 Å². The van der Waals surface area contributed by atoms with Crippen molar-refractivity contribution in [3.8, 4) is 0 Å². The second-order valence-electron chi connectivity index (χ2n) is 1.85. The SMILES string of the molecule is NC(=O)c1ccn(C(N)=O)n1. The van der Waals surface area contributed by atoms with Crippen LogP contribution in [0.3, 0.4) is 0 Å². The largest absolute Gasteiger partial charge is 0.364 e. The van der Waals surface area contributed by atoms with Crippen LogP contribution in [-0.2, 0) is 0 Å². The Kier molecular flexibility index (Phi) is 1.59. The molecule has 2 amide bonds. The van der Waals surface area contributed by atoms with Crippen molar-refractivity contribution in [2.45, 2.75) is 0 Å². The van der Waals surface area contributed by atoms with Crippen LogP contribution in [-0.4, -0.2) is 21.7 Å². The molecule has 0 aromatic carbocycles. The van der Waals surface area contributed by atoms with Crippen LogP contribution in [0, 0.1) is 0 Å². The molecule has 6 nitrogen and oxygen atoms in total. The fraction of sp³-hybridized carbons (Fsp3) is 0. The first-order valence-corrected chi connectivity index (χ1v) is 2.76. The molecule has 0 aliphatic heterocycles.